The molecule has 1 aromatic heterocycles. The highest BCUT2D eigenvalue weighted by molar-refractivity contribution is 8.14. The molecule has 4 amide bonds. The van der Waals surface area contributed by atoms with Gasteiger partial charge < -0.3 is 31.2 Å². The third kappa shape index (κ3) is 9.57. The molecule has 4 aromatic rings. The average molecular weight is 720 g/mol. The Hall–Kier alpha value is -5.57. The SMILES string of the molecule is CC(=O)SCC(=O)NCCCCCOc1cc2nccc(Oc3ccc(NC(=O)C4(C(=O)Nc5ccc(F)cc5)CC4)cc3F)c2cc1C(N)=O. The molecule has 0 atom stereocenters. The van der Waals surface area contributed by atoms with Crippen molar-refractivity contribution in [1.29, 1.82) is 0 Å². The van der Waals surface area contributed by atoms with Gasteiger partial charge in [-0.3, -0.25) is 29.0 Å². The van der Waals surface area contributed by atoms with Gasteiger partial charge in [0.25, 0.3) is 5.91 Å². The lowest BCUT2D eigenvalue weighted by Crippen LogP contribution is -2.35. The molecule has 1 fully saturated rings. The molecule has 0 bridgehead atoms. The Labute approximate surface area is 295 Å². The largest absolute Gasteiger partial charge is 0.493 e. The molecule has 0 saturated heterocycles. The third-order valence-corrected chi connectivity index (χ3v) is 8.82. The molecular weight excluding hydrogens is 684 g/mol. The van der Waals surface area contributed by atoms with Crippen molar-refractivity contribution in [2.24, 2.45) is 11.1 Å². The summed E-state index contributed by atoms with van der Waals surface area (Å²) in [6.07, 6.45) is 4.12. The summed E-state index contributed by atoms with van der Waals surface area (Å²) in [5.74, 6) is -3.04. The van der Waals surface area contributed by atoms with Crippen molar-refractivity contribution < 1.29 is 42.2 Å². The summed E-state index contributed by atoms with van der Waals surface area (Å²) in [5, 5.41) is 8.22. The molecule has 1 heterocycles. The standard InChI is InChI=1S/C36H35F2N5O7S/c1-21(44)51-20-32(45)41-14-3-2-4-16-49-31-19-28-25(18-26(31)33(39)46)29(11-15-40-28)50-30-10-9-24(17-27(30)38)43-35(48)36(12-13-36)34(47)42-23-7-5-22(37)6-8-23/h5-11,15,17-19H,2-4,12-14,16,20H2,1H3,(H2,39,46)(H,41,45)(H,42,47)(H,43,48). The monoisotopic (exact) mass is 719 g/mol. The molecule has 15 heteroatoms. The van der Waals surface area contributed by atoms with Crippen molar-refractivity contribution in [2.45, 2.75) is 39.0 Å². The van der Waals surface area contributed by atoms with Gasteiger partial charge in [0.05, 0.1) is 23.4 Å². The first-order chi connectivity index (χ1) is 24.4. The van der Waals surface area contributed by atoms with Gasteiger partial charge in [0.15, 0.2) is 16.7 Å². The lowest BCUT2D eigenvalue weighted by molar-refractivity contribution is -0.131. The van der Waals surface area contributed by atoms with Gasteiger partial charge in [-0.2, -0.15) is 0 Å². The number of nitrogens with one attached hydrogen (secondary N) is 3. The van der Waals surface area contributed by atoms with E-state index in [4.69, 9.17) is 15.2 Å². The number of rotatable bonds is 16. The quantitative estimate of drug-likeness (QED) is 0.0834. The Morgan fingerprint density at radius 2 is 1.57 bits per heavy atom. The molecule has 0 aliphatic heterocycles. The van der Waals surface area contributed by atoms with Gasteiger partial charge in [-0.1, -0.05) is 11.8 Å². The summed E-state index contributed by atoms with van der Waals surface area (Å²) >= 11 is 0.952. The first kappa shape index (κ1) is 36.7. The van der Waals surface area contributed by atoms with E-state index >= 15 is 4.39 Å². The van der Waals surface area contributed by atoms with Gasteiger partial charge >= 0.3 is 0 Å². The van der Waals surface area contributed by atoms with Crippen molar-refractivity contribution >= 4 is 62.8 Å². The number of halogens is 2. The second-order valence-corrected chi connectivity index (χ2v) is 13.0. The van der Waals surface area contributed by atoms with Crippen LogP contribution in [0.15, 0.2) is 66.9 Å². The predicted octanol–water partition coefficient (Wildman–Crippen LogP) is 5.71. The highest BCUT2D eigenvalue weighted by Crippen LogP contribution is 2.47. The number of unbranched alkanes of at least 4 members (excludes halogenated alkanes) is 2. The number of hydrogen-bond acceptors (Lipinski definition) is 9. The first-order valence-corrected chi connectivity index (χ1v) is 17.0. The molecule has 12 nitrogen and oxygen atoms in total. The Bertz CT molecular complexity index is 1970. The number of amides is 4. The molecule has 3 aromatic carbocycles. The number of carbonyl (C=O) groups excluding carboxylic acids is 5. The molecule has 0 radical (unpaired) electrons. The van der Waals surface area contributed by atoms with Crippen LogP contribution in [0.3, 0.4) is 0 Å². The number of primary amides is 1. The van der Waals surface area contributed by atoms with Crippen LogP contribution in [0.4, 0.5) is 20.2 Å². The topological polar surface area (TPSA) is 179 Å². The van der Waals surface area contributed by atoms with Crippen LogP contribution in [-0.4, -0.2) is 52.6 Å². The number of carbonyl (C=O) groups is 5. The second kappa shape index (κ2) is 16.4. The smallest absolute Gasteiger partial charge is 0.252 e. The van der Waals surface area contributed by atoms with Gasteiger partial charge in [-0.05, 0) is 80.6 Å². The molecule has 1 aliphatic carbocycles. The zero-order valence-corrected chi connectivity index (χ0v) is 28.4. The number of hydrogen-bond donors (Lipinski definition) is 4. The summed E-state index contributed by atoms with van der Waals surface area (Å²) in [6, 6.07) is 13.5. The summed E-state index contributed by atoms with van der Waals surface area (Å²) in [4.78, 5) is 65.3. The Kier molecular flexibility index (Phi) is 11.8. The average Bonchev–Trinajstić information content (AvgIpc) is 3.91. The van der Waals surface area contributed by atoms with E-state index in [0.717, 1.165) is 24.2 Å². The Morgan fingerprint density at radius 1 is 0.863 bits per heavy atom. The van der Waals surface area contributed by atoms with Crippen LogP contribution >= 0.6 is 11.8 Å². The van der Waals surface area contributed by atoms with Crippen LogP contribution in [0, 0.1) is 17.0 Å². The van der Waals surface area contributed by atoms with Crippen molar-refractivity contribution in [3.63, 3.8) is 0 Å². The first-order valence-electron chi connectivity index (χ1n) is 16.1. The van der Waals surface area contributed by atoms with Crippen LogP contribution < -0.4 is 31.2 Å². The van der Waals surface area contributed by atoms with E-state index in [1.165, 1.54) is 61.7 Å². The molecule has 0 spiro atoms. The zero-order valence-electron chi connectivity index (χ0n) is 27.6. The Balaban J connectivity index is 1.19. The van der Waals surface area contributed by atoms with Crippen LogP contribution in [0.1, 0.15) is 49.4 Å². The van der Waals surface area contributed by atoms with Gasteiger partial charge in [0.2, 0.25) is 17.7 Å². The lowest BCUT2D eigenvalue weighted by Gasteiger charge is -2.16. The minimum Gasteiger partial charge on any atom is -0.493 e. The maximum Gasteiger partial charge on any atom is 0.252 e. The van der Waals surface area contributed by atoms with Crippen molar-refractivity contribution in [3.8, 4) is 17.2 Å². The maximum absolute atomic E-state index is 15.3. The van der Waals surface area contributed by atoms with Crippen molar-refractivity contribution in [1.82, 2.24) is 10.3 Å². The molecule has 5 N–H and O–H groups in total. The van der Waals surface area contributed by atoms with Crippen molar-refractivity contribution in [3.05, 3.63) is 84.1 Å². The number of nitrogens with two attached hydrogens (primary N) is 1. The molecule has 5 rings (SSSR count). The number of ether oxygens (including phenoxy) is 2. The molecule has 266 valence electrons. The lowest BCUT2D eigenvalue weighted by atomic mass is 10.0. The van der Waals surface area contributed by atoms with E-state index in [9.17, 15) is 28.4 Å². The number of pyridine rings is 1. The third-order valence-electron chi connectivity index (χ3n) is 8.01. The molecule has 0 unspecified atom stereocenters. The van der Waals surface area contributed by atoms with E-state index in [2.05, 4.69) is 20.9 Å². The predicted molar refractivity (Wildman–Crippen MR) is 188 cm³/mol. The molecule has 1 aliphatic rings. The number of thioether (sulfide) groups is 1. The number of nitrogens with zero attached hydrogens (tertiary/aromatic N) is 1. The number of aromatic nitrogens is 1. The highest BCUT2D eigenvalue weighted by atomic mass is 32.2. The van der Waals surface area contributed by atoms with Crippen molar-refractivity contribution in [2.75, 3.05) is 29.5 Å². The Morgan fingerprint density at radius 3 is 2.24 bits per heavy atom. The van der Waals surface area contributed by atoms with E-state index in [1.807, 2.05) is 0 Å². The normalized spacial score (nSPS) is 12.8. The molecule has 51 heavy (non-hydrogen) atoms. The zero-order chi connectivity index (χ0) is 36.5. The van der Waals surface area contributed by atoms with Crippen LogP contribution in [0.5, 0.6) is 17.2 Å². The van der Waals surface area contributed by atoms with E-state index in [1.54, 1.807) is 6.07 Å². The van der Waals surface area contributed by atoms with E-state index in [0.29, 0.717) is 48.8 Å². The summed E-state index contributed by atoms with van der Waals surface area (Å²) in [5.41, 5.74) is 5.25. The molecule has 1 saturated carbocycles. The minimum atomic E-state index is -1.33. The van der Waals surface area contributed by atoms with E-state index < -0.39 is 34.8 Å². The summed E-state index contributed by atoms with van der Waals surface area (Å²) < 4.78 is 40.2. The van der Waals surface area contributed by atoms with Gasteiger partial charge in [0.1, 0.15) is 22.7 Å². The minimum absolute atomic E-state index is 0.0755. The number of anilines is 2. The summed E-state index contributed by atoms with van der Waals surface area (Å²) in [7, 11) is 0. The van der Waals surface area contributed by atoms with Crippen LogP contribution in [0.25, 0.3) is 10.9 Å². The van der Waals surface area contributed by atoms with Gasteiger partial charge in [-0.25, -0.2) is 8.78 Å². The van der Waals surface area contributed by atoms with Gasteiger partial charge in [0, 0.05) is 48.6 Å². The fourth-order valence-corrected chi connectivity index (χ4v) is 5.51. The highest BCUT2D eigenvalue weighted by Gasteiger charge is 2.56. The fraction of sp³-hybridized carbons (Fsp3) is 0.278. The summed E-state index contributed by atoms with van der Waals surface area (Å²) in [6.45, 7) is 2.14. The van der Waals surface area contributed by atoms with E-state index in [-0.39, 0.29) is 51.9 Å². The second-order valence-electron chi connectivity index (χ2n) is 11.8. The van der Waals surface area contributed by atoms with Gasteiger partial charge in [-0.15, -0.1) is 0 Å². The van der Waals surface area contributed by atoms with Crippen LogP contribution in [-0.2, 0) is 19.2 Å². The van der Waals surface area contributed by atoms with Crippen LogP contribution in [0.2, 0.25) is 0 Å². The number of fused-ring (bicyclic) bond motifs is 1. The molecular formula is C36H35F2N5O7S. The maximum atomic E-state index is 15.3. The number of benzene rings is 3. The fourth-order valence-electron chi connectivity index (χ4n) is 5.08.